The SMILES string of the molecule is CNC(=S)N(C)CCNc1c2ccccc2nc2c(C(=O)NCCNC(=O)Nc3ccccc3)cccc12.O=[N+]([O-])O. The molecule has 0 unspecified atom stereocenters. The third kappa shape index (κ3) is 8.89. The molecule has 4 aromatic rings. The van der Waals surface area contributed by atoms with E-state index in [-0.39, 0.29) is 25.0 Å². The lowest BCUT2D eigenvalue weighted by Gasteiger charge is -2.21. The number of thiocarbonyl (C=S) groups is 1. The van der Waals surface area contributed by atoms with Gasteiger partial charge in [-0.25, -0.2) is 9.78 Å². The average Bonchev–Trinajstić information content (AvgIpc) is 2.98. The molecular formula is C28H32N8O5S. The number of nitrogens with zero attached hydrogens (tertiary/aromatic N) is 3. The van der Waals surface area contributed by atoms with Crippen LogP contribution >= 0.6 is 12.2 Å². The van der Waals surface area contributed by atoms with Gasteiger partial charge in [0.1, 0.15) is 0 Å². The number of hydrogen-bond donors (Lipinski definition) is 6. The van der Waals surface area contributed by atoms with Crippen LogP contribution in [0.2, 0.25) is 0 Å². The Labute approximate surface area is 247 Å². The molecule has 0 aliphatic carbocycles. The summed E-state index contributed by atoms with van der Waals surface area (Å²) in [5.41, 5.74) is 3.49. The summed E-state index contributed by atoms with van der Waals surface area (Å²) in [5, 5.41) is 31.0. The zero-order valence-corrected chi connectivity index (χ0v) is 23.9. The molecule has 4 rings (SSSR count). The Morgan fingerprint density at radius 1 is 0.952 bits per heavy atom. The Balaban J connectivity index is 0.00000114. The number of likely N-dealkylation sites (N-methyl/N-ethyl adjacent to an activating group) is 1. The number of benzene rings is 3. The van der Waals surface area contributed by atoms with Gasteiger partial charge in [-0.2, -0.15) is 0 Å². The number of carbonyl (C=O) groups is 2. The number of carbonyl (C=O) groups excluding carboxylic acids is 2. The van der Waals surface area contributed by atoms with Crippen molar-refractivity contribution in [3.8, 4) is 0 Å². The lowest BCUT2D eigenvalue weighted by molar-refractivity contribution is -0.742. The molecule has 0 fully saturated rings. The molecule has 220 valence electrons. The van der Waals surface area contributed by atoms with E-state index < -0.39 is 5.09 Å². The Bertz CT molecular complexity index is 1550. The zero-order valence-electron chi connectivity index (χ0n) is 23.1. The fraction of sp³-hybridized carbons (Fsp3) is 0.214. The molecular weight excluding hydrogens is 560 g/mol. The second-order valence-electron chi connectivity index (χ2n) is 8.85. The fourth-order valence-electron chi connectivity index (χ4n) is 4.07. The van der Waals surface area contributed by atoms with Gasteiger partial charge >= 0.3 is 6.03 Å². The average molecular weight is 593 g/mol. The van der Waals surface area contributed by atoms with Crippen molar-refractivity contribution in [1.29, 1.82) is 0 Å². The normalized spacial score (nSPS) is 10.1. The summed E-state index contributed by atoms with van der Waals surface area (Å²) in [6, 6.07) is 22.3. The molecule has 0 atom stereocenters. The number of nitrogens with one attached hydrogen (secondary N) is 5. The maximum absolute atomic E-state index is 13.1. The van der Waals surface area contributed by atoms with Crippen molar-refractivity contribution in [2.45, 2.75) is 0 Å². The van der Waals surface area contributed by atoms with Crippen LogP contribution < -0.4 is 26.6 Å². The van der Waals surface area contributed by atoms with E-state index >= 15 is 0 Å². The molecule has 0 aliphatic heterocycles. The van der Waals surface area contributed by atoms with Crippen molar-refractivity contribution >= 4 is 62.4 Å². The summed E-state index contributed by atoms with van der Waals surface area (Å²) in [6.45, 7) is 1.89. The van der Waals surface area contributed by atoms with E-state index in [4.69, 9.17) is 32.5 Å². The quantitative estimate of drug-likeness (QED) is 0.0555. The van der Waals surface area contributed by atoms with Crippen LogP contribution in [0.3, 0.4) is 0 Å². The Kier molecular flexibility index (Phi) is 11.6. The van der Waals surface area contributed by atoms with Crippen molar-refractivity contribution < 1.29 is 19.9 Å². The molecule has 3 aromatic carbocycles. The van der Waals surface area contributed by atoms with Crippen molar-refractivity contribution in [2.75, 3.05) is 50.9 Å². The first kappa shape index (κ1) is 31.3. The van der Waals surface area contributed by atoms with E-state index in [0.717, 1.165) is 22.0 Å². The number of fused-ring (bicyclic) bond motifs is 2. The molecule has 0 aliphatic rings. The summed E-state index contributed by atoms with van der Waals surface area (Å²) in [7, 11) is 3.74. The van der Waals surface area contributed by atoms with Crippen LogP contribution in [0.1, 0.15) is 10.4 Å². The molecule has 14 heteroatoms. The first-order chi connectivity index (χ1) is 20.2. The Morgan fingerprint density at radius 2 is 1.60 bits per heavy atom. The number of amides is 3. The van der Waals surface area contributed by atoms with Crippen LogP contribution in [-0.2, 0) is 0 Å². The van der Waals surface area contributed by atoms with Gasteiger partial charge in [0, 0.05) is 56.7 Å². The molecule has 0 saturated carbocycles. The molecule has 1 aromatic heterocycles. The van der Waals surface area contributed by atoms with Crippen LogP contribution in [0.5, 0.6) is 0 Å². The number of para-hydroxylation sites is 3. The van der Waals surface area contributed by atoms with E-state index in [1.54, 1.807) is 25.2 Å². The van der Waals surface area contributed by atoms with Crippen molar-refractivity contribution in [3.05, 3.63) is 88.5 Å². The monoisotopic (exact) mass is 592 g/mol. The second-order valence-corrected chi connectivity index (χ2v) is 9.24. The lowest BCUT2D eigenvalue weighted by Crippen LogP contribution is -2.37. The molecule has 0 spiro atoms. The first-order valence-electron chi connectivity index (χ1n) is 12.9. The van der Waals surface area contributed by atoms with Crippen molar-refractivity contribution in [2.24, 2.45) is 0 Å². The van der Waals surface area contributed by atoms with Gasteiger partial charge in [0.25, 0.3) is 11.0 Å². The van der Waals surface area contributed by atoms with E-state index in [0.29, 0.717) is 35.0 Å². The lowest BCUT2D eigenvalue weighted by atomic mass is 10.0. The predicted octanol–water partition coefficient (Wildman–Crippen LogP) is 3.44. The van der Waals surface area contributed by atoms with Crippen LogP contribution in [0.4, 0.5) is 16.2 Å². The second kappa shape index (κ2) is 15.5. The van der Waals surface area contributed by atoms with E-state index in [1.165, 1.54) is 0 Å². The molecule has 6 N–H and O–H groups in total. The van der Waals surface area contributed by atoms with E-state index in [1.807, 2.05) is 66.5 Å². The number of anilines is 2. The molecule has 42 heavy (non-hydrogen) atoms. The van der Waals surface area contributed by atoms with Gasteiger partial charge in [-0.05, 0) is 36.5 Å². The highest BCUT2D eigenvalue weighted by Crippen LogP contribution is 2.32. The number of rotatable bonds is 9. The minimum atomic E-state index is -1.50. The largest absolute Gasteiger partial charge is 0.382 e. The summed E-state index contributed by atoms with van der Waals surface area (Å²) in [5.74, 6) is -0.256. The molecule has 0 radical (unpaired) electrons. The maximum Gasteiger partial charge on any atom is 0.319 e. The third-order valence-corrected chi connectivity index (χ3v) is 6.51. The van der Waals surface area contributed by atoms with E-state index in [2.05, 4.69) is 26.6 Å². The molecule has 1 heterocycles. The van der Waals surface area contributed by atoms with Gasteiger partial charge < -0.3 is 36.7 Å². The van der Waals surface area contributed by atoms with Crippen molar-refractivity contribution in [1.82, 2.24) is 25.8 Å². The topological polar surface area (TPSA) is 174 Å². The van der Waals surface area contributed by atoms with Gasteiger partial charge in [-0.1, -0.05) is 48.5 Å². The highest BCUT2D eigenvalue weighted by Gasteiger charge is 2.16. The minimum Gasteiger partial charge on any atom is -0.382 e. The summed E-state index contributed by atoms with van der Waals surface area (Å²) >= 11 is 5.30. The van der Waals surface area contributed by atoms with Crippen LogP contribution in [0.25, 0.3) is 21.8 Å². The van der Waals surface area contributed by atoms with E-state index in [9.17, 15) is 9.59 Å². The van der Waals surface area contributed by atoms with Crippen LogP contribution in [0, 0.1) is 10.1 Å². The minimum absolute atomic E-state index is 0.256. The number of pyridine rings is 1. The Hall–Kier alpha value is -5.24. The standard InChI is InChI=1S/C28H31N7O2S.HNO3/c1-29-28(38)35(2)18-17-30-24-20-11-6-7-14-23(20)34-25-21(24)12-8-13-22(25)26(36)31-15-16-32-27(37)33-19-9-4-3-5-10-19;2-1(3)4/h3-14H,15-18H2,1-2H3,(H,29,38)(H,30,34)(H,31,36)(H2,32,33,37);(H,2,3,4). The summed E-state index contributed by atoms with van der Waals surface area (Å²) < 4.78 is 0. The van der Waals surface area contributed by atoms with Gasteiger partial charge in [0.05, 0.1) is 22.3 Å². The zero-order chi connectivity index (χ0) is 30.5. The van der Waals surface area contributed by atoms with Gasteiger partial charge in [-0.3, -0.25) is 4.79 Å². The molecule has 13 nitrogen and oxygen atoms in total. The third-order valence-electron chi connectivity index (χ3n) is 5.99. The smallest absolute Gasteiger partial charge is 0.319 e. The van der Waals surface area contributed by atoms with Gasteiger partial charge in [-0.15, -0.1) is 10.1 Å². The molecule has 0 saturated heterocycles. The summed E-state index contributed by atoms with van der Waals surface area (Å²) in [6.07, 6.45) is 0. The first-order valence-corrected chi connectivity index (χ1v) is 13.3. The van der Waals surface area contributed by atoms with Gasteiger partial charge in [0.2, 0.25) is 0 Å². The predicted molar refractivity (Wildman–Crippen MR) is 167 cm³/mol. The molecule has 3 amide bonds. The van der Waals surface area contributed by atoms with Crippen LogP contribution in [0.15, 0.2) is 72.8 Å². The Morgan fingerprint density at radius 3 is 2.31 bits per heavy atom. The molecule has 0 bridgehead atoms. The van der Waals surface area contributed by atoms with Crippen LogP contribution in [-0.4, -0.2) is 77.5 Å². The number of aromatic nitrogens is 1. The van der Waals surface area contributed by atoms with Gasteiger partial charge in [0.15, 0.2) is 5.11 Å². The fourth-order valence-corrected chi connectivity index (χ4v) is 4.16. The highest BCUT2D eigenvalue weighted by molar-refractivity contribution is 7.80. The highest BCUT2D eigenvalue weighted by atomic mass is 32.1. The maximum atomic E-state index is 13.1. The van der Waals surface area contributed by atoms with Crippen molar-refractivity contribution in [3.63, 3.8) is 0 Å². The number of hydrogen-bond acceptors (Lipinski definition) is 7. The number of urea groups is 1. The summed E-state index contributed by atoms with van der Waals surface area (Å²) in [4.78, 5) is 40.4.